The lowest BCUT2D eigenvalue weighted by molar-refractivity contribution is 0.414. The Hall–Kier alpha value is -5.68. The Morgan fingerprint density at radius 2 is 0.787 bits per heavy atom. The fraction of sp³-hybridized carbons (Fsp3) is 0.0952. The van der Waals surface area contributed by atoms with Crippen molar-refractivity contribution in [1.29, 1.82) is 0 Å². The van der Waals surface area contributed by atoms with Crippen molar-refractivity contribution in [2.24, 2.45) is 0 Å². The van der Waals surface area contributed by atoms with Gasteiger partial charge in [-0.2, -0.15) is 0 Å². The van der Waals surface area contributed by atoms with Crippen LogP contribution in [-0.2, 0) is 6.42 Å². The van der Waals surface area contributed by atoms with Crippen LogP contribution in [0.1, 0.15) is 12.5 Å². The Morgan fingerprint density at radius 1 is 0.426 bits per heavy atom. The Bertz CT molecular complexity index is 2100. The lowest BCUT2D eigenvalue weighted by atomic mass is 9.96. The van der Waals surface area contributed by atoms with Gasteiger partial charge in [0.1, 0.15) is 19.3 Å². The Kier molecular flexibility index (Phi) is 8.28. The molecule has 0 aromatic heterocycles. The van der Waals surface area contributed by atoms with Gasteiger partial charge < -0.3 is 19.3 Å². The van der Waals surface area contributed by atoms with E-state index < -0.39 is 0 Å². The first-order valence-electron chi connectivity index (χ1n) is 15.8. The zero-order valence-corrected chi connectivity index (χ0v) is 26.9. The highest BCUT2D eigenvalue weighted by Crippen LogP contribution is 2.40. The Labute approximate surface area is 277 Å². The number of fused-ring (bicyclic) bond motifs is 2. The van der Waals surface area contributed by atoms with Crippen LogP contribution in [0.25, 0.3) is 21.5 Å². The molecule has 0 N–H and O–H groups in total. The molecular weight excluding hydrogens is 575 g/mol. The molecule has 0 atom stereocenters. The van der Waals surface area contributed by atoms with E-state index >= 15 is 0 Å². The summed E-state index contributed by atoms with van der Waals surface area (Å²) in [6.45, 7) is 2.18. The van der Waals surface area contributed by atoms with Crippen molar-refractivity contribution < 1.29 is 9.47 Å². The topological polar surface area (TPSA) is 24.9 Å². The molecule has 2 radical (unpaired) electrons. The lowest BCUT2D eigenvalue weighted by Crippen LogP contribution is -2.11. The number of aryl methyl sites for hydroxylation is 1. The molecule has 0 spiro atoms. The summed E-state index contributed by atoms with van der Waals surface area (Å²) in [6, 6.07) is 51.0. The second-order valence-corrected chi connectivity index (χ2v) is 11.6. The maximum absolute atomic E-state index is 6.04. The van der Waals surface area contributed by atoms with Crippen LogP contribution in [0.15, 0.2) is 146 Å². The third-order valence-electron chi connectivity index (χ3n) is 8.69. The van der Waals surface area contributed by atoms with Crippen molar-refractivity contribution in [3.63, 3.8) is 0 Å². The minimum absolute atomic E-state index is 0.733. The summed E-state index contributed by atoms with van der Waals surface area (Å²) in [7, 11) is 9.42. The van der Waals surface area contributed by atoms with Crippen molar-refractivity contribution in [1.82, 2.24) is 0 Å². The average molecular weight is 611 g/mol. The highest BCUT2D eigenvalue weighted by atomic mass is 16.5. The minimum Gasteiger partial charge on any atom is -0.497 e. The van der Waals surface area contributed by atoms with E-state index in [1.165, 1.54) is 27.1 Å². The smallest absolute Gasteiger partial charge is 0.119 e. The van der Waals surface area contributed by atoms with E-state index in [1.807, 2.05) is 36.4 Å². The highest BCUT2D eigenvalue weighted by Gasteiger charge is 2.16. The Balaban J connectivity index is 1.30. The zero-order valence-electron chi connectivity index (χ0n) is 26.9. The molecule has 0 saturated carbocycles. The van der Waals surface area contributed by atoms with E-state index in [0.29, 0.717) is 0 Å². The normalized spacial score (nSPS) is 11.0. The quantitative estimate of drug-likeness (QED) is 0.120. The molecule has 0 unspecified atom stereocenters. The summed E-state index contributed by atoms with van der Waals surface area (Å²) >= 11 is 0. The summed E-state index contributed by atoms with van der Waals surface area (Å²) in [6.07, 6.45) is 1.01. The first kappa shape index (κ1) is 30.0. The number of nitrogens with zero attached hydrogens (tertiary/aromatic N) is 2. The van der Waals surface area contributed by atoms with Gasteiger partial charge in [0.2, 0.25) is 0 Å². The first-order valence-corrected chi connectivity index (χ1v) is 15.8. The van der Waals surface area contributed by atoms with Gasteiger partial charge in [0.25, 0.3) is 0 Å². The summed E-state index contributed by atoms with van der Waals surface area (Å²) in [4.78, 5) is 4.53. The zero-order chi connectivity index (χ0) is 32.3. The van der Waals surface area contributed by atoms with Crippen molar-refractivity contribution >= 4 is 69.0 Å². The molecule has 5 heteroatoms. The molecule has 0 aliphatic carbocycles. The number of hydrogen-bond acceptors (Lipinski definition) is 4. The molecule has 7 aromatic carbocycles. The van der Waals surface area contributed by atoms with Gasteiger partial charge in [0.05, 0.1) is 14.2 Å². The third kappa shape index (κ3) is 6.13. The first-order chi connectivity index (χ1) is 23.0. The molecule has 0 fully saturated rings. The van der Waals surface area contributed by atoms with Crippen LogP contribution in [0, 0.1) is 0 Å². The SMILES string of the molecule is [B]c1ccc(N(c2ccc(OC)cc2)c2ccc3cc4cc(N(c5ccc(CC)cc5)c5ccc(OC)cc5)ccc4cc3c2)cc1. The number of benzene rings is 7. The minimum atomic E-state index is 0.733. The number of ether oxygens (including phenoxy) is 2. The van der Waals surface area contributed by atoms with Gasteiger partial charge in [0, 0.05) is 34.1 Å². The largest absolute Gasteiger partial charge is 0.497 e. The molecule has 4 nitrogen and oxygen atoms in total. The maximum Gasteiger partial charge on any atom is 0.119 e. The monoisotopic (exact) mass is 610 g/mol. The fourth-order valence-electron chi connectivity index (χ4n) is 6.11. The van der Waals surface area contributed by atoms with Crippen LogP contribution in [0.5, 0.6) is 11.5 Å². The molecule has 0 aliphatic heterocycles. The van der Waals surface area contributed by atoms with Gasteiger partial charge in [-0.1, -0.05) is 48.8 Å². The number of hydrogen-bond donors (Lipinski definition) is 0. The predicted octanol–water partition coefficient (Wildman–Crippen LogP) is 10.3. The van der Waals surface area contributed by atoms with Gasteiger partial charge >= 0.3 is 0 Å². The number of rotatable bonds is 9. The van der Waals surface area contributed by atoms with Crippen LogP contribution in [0.4, 0.5) is 34.1 Å². The van der Waals surface area contributed by atoms with Crippen LogP contribution in [0.2, 0.25) is 0 Å². The lowest BCUT2D eigenvalue weighted by Gasteiger charge is -2.27. The second-order valence-electron chi connectivity index (χ2n) is 11.6. The molecule has 0 amide bonds. The molecule has 0 aliphatic rings. The van der Waals surface area contributed by atoms with Crippen LogP contribution >= 0.6 is 0 Å². The molecule has 7 rings (SSSR count). The van der Waals surface area contributed by atoms with E-state index in [9.17, 15) is 0 Å². The second kappa shape index (κ2) is 13.0. The fourth-order valence-corrected chi connectivity index (χ4v) is 6.11. The van der Waals surface area contributed by atoms with Crippen LogP contribution in [0.3, 0.4) is 0 Å². The van der Waals surface area contributed by atoms with Gasteiger partial charge in [-0.15, -0.1) is 0 Å². The summed E-state index contributed by atoms with van der Waals surface area (Å²) in [5, 5.41) is 4.70. The maximum atomic E-state index is 6.04. The van der Waals surface area contributed by atoms with Crippen molar-refractivity contribution in [2.45, 2.75) is 13.3 Å². The van der Waals surface area contributed by atoms with Crippen molar-refractivity contribution in [3.8, 4) is 11.5 Å². The van der Waals surface area contributed by atoms with E-state index in [4.69, 9.17) is 17.3 Å². The molecule has 47 heavy (non-hydrogen) atoms. The summed E-state index contributed by atoms with van der Waals surface area (Å²) in [5.74, 6) is 1.65. The van der Waals surface area contributed by atoms with E-state index in [2.05, 4.69) is 126 Å². The van der Waals surface area contributed by atoms with Gasteiger partial charge in [-0.3, -0.25) is 0 Å². The molecular formula is C42H35BN2O2. The molecule has 0 bridgehead atoms. The van der Waals surface area contributed by atoms with Gasteiger partial charge in [0.15, 0.2) is 0 Å². The van der Waals surface area contributed by atoms with Crippen molar-refractivity contribution in [3.05, 3.63) is 151 Å². The van der Waals surface area contributed by atoms with Gasteiger partial charge in [-0.05, 0) is 143 Å². The standard InChI is InChI=1S/C42H35BN2O2/c1-4-29-5-11-35(12-6-29)44(37-17-21-41(46-2)22-18-37)39-13-7-30-26-33-28-40(14-8-31(33)25-32(30)27-39)45(36-15-9-34(43)10-16-36)38-19-23-42(47-3)24-20-38/h5-28H,4H2,1-3H3. The molecule has 0 saturated heterocycles. The average Bonchev–Trinajstić information content (AvgIpc) is 3.12. The number of methoxy groups -OCH3 is 2. The van der Waals surface area contributed by atoms with Crippen LogP contribution in [-0.4, -0.2) is 22.1 Å². The van der Waals surface area contributed by atoms with E-state index in [-0.39, 0.29) is 0 Å². The summed E-state index contributed by atoms with van der Waals surface area (Å²) in [5.41, 5.74) is 8.44. The molecule has 7 aromatic rings. The molecule has 0 heterocycles. The van der Waals surface area contributed by atoms with E-state index in [0.717, 1.165) is 57.5 Å². The van der Waals surface area contributed by atoms with Crippen molar-refractivity contribution in [2.75, 3.05) is 24.0 Å². The highest BCUT2D eigenvalue weighted by molar-refractivity contribution is 6.32. The summed E-state index contributed by atoms with van der Waals surface area (Å²) < 4.78 is 10.9. The number of anilines is 6. The van der Waals surface area contributed by atoms with Crippen LogP contribution < -0.4 is 24.7 Å². The Morgan fingerprint density at radius 3 is 1.17 bits per heavy atom. The van der Waals surface area contributed by atoms with E-state index in [1.54, 1.807) is 14.2 Å². The molecule has 228 valence electrons. The van der Waals surface area contributed by atoms with Gasteiger partial charge in [-0.25, -0.2) is 0 Å². The third-order valence-corrected chi connectivity index (χ3v) is 8.69. The predicted molar refractivity (Wildman–Crippen MR) is 199 cm³/mol.